The minimum Gasteiger partial charge on any atom is -0.396 e. The highest BCUT2D eigenvalue weighted by Gasteiger charge is 2.14. The predicted octanol–water partition coefficient (Wildman–Crippen LogP) is 2.86. The third-order valence-electron chi connectivity index (χ3n) is 3.46. The van der Waals surface area contributed by atoms with Gasteiger partial charge in [-0.3, -0.25) is 4.79 Å². The number of hydrogen-bond donors (Lipinski definition) is 1. The van der Waals surface area contributed by atoms with Crippen LogP contribution in [0.3, 0.4) is 0 Å². The molecule has 1 aliphatic rings. The number of benzene rings is 1. The first kappa shape index (κ1) is 13.6. The summed E-state index contributed by atoms with van der Waals surface area (Å²) < 4.78 is 0. The fourth-order valence-electron chi connectivity index (χ4n) is 2.31. The van der Waals surface area contributed by atoms with Crippen LogP contribution in [0.2, 0.25) is 0 Å². The molecule has 1 N–H and O–H groups in total. The van der Waals surface area contributed by atoms with Crippen molar-refractivity contribution in [3.63, 3.8) is 0 Å². The van der Waals surface area contributed by atoms with E-state index in [2.05, 4.69) is 19.1 Å². The third-order valence-corrected chi connectivity index (χ3v) is 4.69. The Kier molecular flexibility index (Phi) is 4.84. The van der Waals surface area contributed by atoms with E-state index in [1.807, 2.05) is 6.07 Å². The van der Waals surface area contributed by atoms with Gasteiger partial charge in [0, 0.05) is 17.4 Å². The van der Waals surface area contributed by atoms with Crippen molar-refractivity contribution in [2.24, 2.45) is 0 Å². The van der Waals surface area contributed by atoms with Crippen LogP contribution in [0.1, 0.15) is 41.3 Å². The molecule has 0 bridgehead atoms. The van der Waals surface area contributed by atoms with Gasteiger partial charge in [-0.15, -0.1) is 0 Å². The maximum absolute atomic E-state index is 12.1. The molecule has 0 amide bonds. The molecular weight excluding hydrogens is 244 g/mol. The molecule has 2 nitrogen and oxygen atoms in total. The molecule has 1 aromatic rings. The van der Waals surface area contributed by atoms with Gasteiger partial charge in [-0.25, -0.2) is 0 Å². The molecule has 0 aromatic heterocycles. The normalized spacial score (nSPS) is 15.4. The van der Waals surface area contributed by atoms with E-state index in [0.29, 0.717) is 11.0 Å². The first-order valence-electron chi connectivity index (χ1n) is 6.58. The lowest BCUT2D eigenvalue weighted by Gasteiger charge is -2.09. The van der Waals surface area contributed by atoms with Crippen molar-refractivity contribution in [1.29, 1.82) is 0 Å². The van der Waals surface area contributed by atoms with Crippen molar-refractivity contribution in [2.45, 2.75) is 37.9 Å². The Bertz CT molecular complexity index is 429. The second-order valence-electron chi connectivity index (χ2n) is 4.89. The van der Waals surface area contributed by atoms with Gasteiger partial charge in [0.25, 0.3) is 0 Å². The Morgan fingerprint density at radius 3 is 2.94 bits per heavy atom. The molecule has 1 atom stereocenters. The van der Waals surface area contributed by atoms with Gasteiger partial charge in [-0.05, 0) is 42.9 Å². The molecule has 3 heteroatoms. The fraction of sp³-hybridized carbons (Fsp3) is 0.533. The van der Waals surface area contributed by atoms with E-state index in [1.54, 1.807) is 11.8 Å². The summed E-state index contributed by atoms with van der Waals surface area (Å²) in [4.78, 5) is 12.1. The minimum atomic E-state index is 0.196. The Labute approximate surface area is 113 Å². The van der Waals surface area contributed by atoms with Crippen molar-refractivity contribution in [3.05, 3.63) is 34.9 Å². The summed E-state index contributed by atoms with van der Waals surface area (Å²) in [5, 5.41) is 9.17. The molecule has 0 radical (unpaired) electrons. The van der Waals surface area contributed by atoms with Gasteiger partial charge in [-0.1, -0.05) is 19.1 Å². The van der Waals surface area contributed by atoms with Crippen molar-refractivity contribution >= 4 is 17.5 Å². The number of carbonyl (C=O) groups excluding carboxylic acids is 1. The van der Waals surface area contributed by atoms with E-state index in [1.165, 1.54) is 17.5 Å². The van der Waals surface area contributed by atoms with Gasteiger partial charge >= 0.3 is 0 Å². The van der Waals surface area contributed by atoms with Gasteiger partial charge in [0.2, 0.25) is 0 Å². The van der Waals surface area contributed by atoms with Crippen LogP contribution in [0.4, 0.5) is 0 Å². The maximum Gasteiger partial charge on any atom is 0.172 e. The molecule has 0 heterocycles. The Morgan fingerprint density at radius 1 is 1.39 bits per heavy atom. The molecule has 0 saturated heterocycles. The lowest BCUT2D eigenvalue weighted by Crippen LogP contribution is -2.08. The molecule has 0 spiro atoms. The Balaban J connectivity index is 1.93. The molecule has 1 unspecified atom stereocenters. The van der Waals surface area contributed by atoms with Gasteiger partial charge in [-0.2, -0.15) is 11.8 Å². The molecular formula is C15H20O2S. The SMILES string of the molecule is CC(CCO)SCC(=O)c1ccc2c(c1)CCC2. The monoisotopic (exact) mass is 264 g/mol. The molecule has 2 rings (SSSR count). The second kappa shape index (κ2) is 6.39. The smallest absolute Gasteiger partial charge is 0.172 e. The molecule has 1 aromatic carbocycles. The van der Waals surface area contributed by atoms with Crippen molar-refractivity contribution < 1.29 is 9.90 Å². The molecule has 98 valence electrons. The van der Waals surface area contributed by atoms with Crippen LogP contribution < -0.4 is 0 Å². The van der Waals surface area contributed by atoms with E-state index in [-0.39, 0.29) is 12.4 Å². The number of fused-ring (bicyclic) bond motifs is 1. The number of aliphatic hydroxyl groups is 1. The molecule has 18 heavy (non-hydrogen) atoms. The summed E-state index contributed by atoms with van der Waals surface area (Å²) >= 11 is 1.63. The van der Waals surface area contributed by atoms with Gasteiger partial charge in [0.15, 0.2) is 5.78 Å². The van der Waals surface area contributed by atoms with Crippen LogP contribution in [0.25, 0.3) is 0 Å². The lowest BCUT2D eigenvalue weighted by molar-refractivity contribution is 0.102. The average Bonchev–Trinajstić information content (AvgIpc) is 2.83. The highest BCUT2D eigenvalue weighted by molar-refractivity contribution is 8.00. The summed E-state index contributed by atoms with van der Waals surface area (Å²) in [6.07, 6.45) is 4.24. The summed E-state index contributed by atoms with van der Waals surface area (Å²) in [6, 6.07) is 6.14. The highest BCUT2D eigenvalue weighted by atomic mass is 32.2. The van der Waals surface area contributed by atoms with Crippen LogP contribution in [-0.2, 0) is 12.8 Å². The third kappa shape index (κ3) is 3.36. The standard InChI is InChI=1S/C15H20O2S/c1-11(7-8-16)18-10-15(17)14-6-5-12-3-2-4-13(12)9-14/h5-6,9,11,16H,2-4,7-8,10H2,1H3. The largest absolute Gasteiger partial charge is 0.396 e. The maximum atomic E-state index is 12.1. The summed E-state index contributed by atoms with van der Waals surface area (Å²) in [5.74, 6) is 0.722. The Morgan fingerprint density at radius 2 is 2.17 bits per heavy atom. The minimum absolute atomic E-state index is 0.196. The number of thioether (sulfide) groups is 1. The summed E-state index contributed by atoms with van der Waals surface area (Å²) in [7, 11) is 0. The van der Waals surface area contributed by atoms with E-state index in [4.69, 9.17) is 5.11 Å². The fourth-order valence-corrected chi connectivity index (χ4v) is 3.19. The number of aliphatic hydroxyl groups excluding tert-OH is 1. The summed E-state index contributed by atoms with van der Waals surface area (Å²) in [6.45, 7) is 2.25. The predicted molar refractivity (Wildman–Crippen MR) is 76.4 cm³/mol. The number of Topliss-reactive ketones (excluding diaryl/α,β-unsaturated/α-hetero) is 1. The molecule has 0 fully saturated rings. The molecule has 0 saturated carbocycles. The first-order chi connectivity index (χ1) is 8.70. The van der Waals surface area contributed by atoms with Gasteiger partial charge in [0.1, 0.15) is 0 Å². The van der Waals surface area contributed by atoms with Crippen LogP contribution in [0.15, 0.2) is 18.2 Å². The zero-order valence-corrected chi connectivity index (χ0v) is 11.6. The second-order valence-corrected chi connectivity index (χ2v) is 6.32. The molecule has 0 aliphatic heterocycles. The number of rotatable bonds is 6. The van der Waals surface area contributed by atoms with E-state index < -0.39 is 0 Å². The zero-order chi connectivity index (χ0) is 13.0. The van der Waals surface area contributed by atoms with Gasteiger partial charge in [0.05, 0.1) is 5.75 Å². The number of ketones is 1. The van der Waals surface area contributed by atoms with Gasteiger partial charge < -0.3 is 5.11 Å². The van der Waals surface area contributed by atoms with Crippen LogP contribution in [-0.4, -0.2) is 28.5 Å². The van der Waals surface area contributed by atoms with Crippen LogP contribution in [0.5, 0.6) is 0 Å². The molecule has 1 aliphatic carbocycles. The summed E-state index contributed by atoms with van der Waals surface area (Å²) in [5.41, 5.74) is 3.61. The van der Waals surface area contributed by atoms with E-state index >= 15 is 0 Å². The van der Waals surface area contributed by atoms with Crippen molar-refractivity contribution in [2.75, 3.05) is 12.4 Å². The first-order valence-corrected chi connectivity index (χ1v) is 7.63. The van der Waals surface area contributed by atoms with Crippen LogP contribution >= 0.6 is 11.8 Å². The number of carbonyl (C=O) groups is 1. The Hall–Kier alpha value is -0.800. The zero-order valence-electron chi connectivity index (χ0n) is 10.8. The topological polar surface area (TPSA) is 37.3 Å². The van der Waals surface area contributed by atoms with Crippen molar-refractivity contribution in [3.8, 4) is 0 Å². The van der Waals surface area contributed by atoms with E-state index in [9.17, 15) is 4.79 Å². The van der Waals surface area contributed by atoms with Crippen molar-refractivity contribution in [1.82, 2.24) is 0 Å². The lowest BCUT2D eigenvalue weighted by atomic mass is 10.0. The highest BCUT2D eigenvalue weighted by Crippen LogP contribution is 2.24. The average molecular weight is 264 g/mol. The van der Waals surface area contributed by atoms with Crippen LogP contribution in [0, 0.1) is 0 Å². The van der Waals surface area contributed by atoms with E-state index in [0.717, 1.165) is 24.8 Å². The quantitative estimate of drug-likeness (QED) is 0.803. The number of aryl methyl sites for hydroxylation is 2. The number of hydrogen-bond acceptors (Lipinski definition) is 3.